The number of halogens is 1. The number of rotatable bonds is 4. The zero-order chi connectivity index (χ0) is 13.6. The molecular weight excluding hydrogens is 227 g/mol. The smallest absolute Gasteiger partial charge is 0.125 e. The van der Waals surface area contributed by atoms with E-state index < -0.39 is 6.17 Å². The van der Waals surface area contributed by atoms with Crippen LogP contribution in [0.25, 0.3) is 0 Å². The SMILES string of the molecule is CC(C)(C)N1CCC1CCC(C)(C)N1CC(F)C1. The lowest BCUT2D eigenvalue weighted by Gasteiger charge is -2.52. The Kier molecular flexibility index (Phi) is 3.76. The van der Waals surface area contributed by atoms with Gasteiger partial charge in [-0.25, -0.2) is 4.39 Å². The first-order valence-corrected chi connectivity index (χ1v) is 7.36. The summed E-state index contributed by atoms with van der Waals surface area (Å²) in [5, 5.41) is 0. The van der Waals surface area contributed by atoms with Gasteiger partial charge in [0, 0.05) is 36.8 Å². The summed E-state index contributed by atoms with van der Waals surface area (Å²) >= 11 is 0. The van der Waals surface area contributed by atoms with Crippen molar-refractivity contribution < 1.29 is 4.39 Å². The van der Waals surface area contributed by atoms with Gasteiger partial charge >= 0.3 is 0 Å². The number of likely N-dealkylation sites (tertiary alicyclic amines) is 2. The molecule has 2 saturated heterocycles. The first-order valence-electron chi connectivity index (χ1n) is 7.36. The first kappa shape index (κ1) is 14.3. The standard InChI is InChI=1S/C15H29FN2/c1-14(2,3)18-9-7-13(18)6-8-15(4,5)17-10-12(16)11-17/h12-13H,6-11H2,1-5H3. The molecule has 3 heteroatoms. The molecule has 2 rings (SSSR count). The fraction of sp³-hybridized carbons (Fsp3) is 1.00. The van der Waals surface area contributed by atoms with Gasteiger partial charge in [0.1, 0.15) is 6.17 Å². The second kappa shape index (κ2) is 4.75. The van der Waals surface area contributed by atoms with Crippen LogP contribution in [0.4, 0.5) is 4.39 Å². The van der Waals surface area contributed by atoms with Crippen LogP contribution < -0.4 is 0 Å². The summed E-state index contributed by atoms with van der Waals surface area (Å²) in [5.74, 6) is 0. The number of hydrogen-bond donors (Lipinski definition) is 0. The molecule has 0 saturated carbocycles. The van der Waals surface area contributed by atoms with Gasteiger partial charge in [-0.05, 0) is 53.9 Å². The van der Waals surface area contributed by atoms with Crippen LogP contribution in [0.2, 0.25) is 0 Å². The van der Waals surface area contributed by atoms with E-state index in [4.69, 9.17) is 0 Å². The van der Waals surface area contributed by atoms with Gasteiger partial charge in [0.25, 0.3) is 0 Å². The van der Waals surface area contributed by atoms with E-state index in [2.05, 4.69) is 44.4 Å². The Morgan fingerprint density at radius 1 is 1.11 bits per heavy atom. The van der Waals surface area contributed by atoms with Crippen molar-refractivity contribution in [3.8, 4) is 0 Å². The summed E-state index contributed by atoms with van der Waals surface area (Å²) in [7, 11) is 0. The van der Waals surface area contributed by atoms with E-state index >= 15 is 0 Å². The topological polar surface area (TPSA) is 6.48 Å². The summed E-state index contributed by atoms with van der Waals surface area (Å²) in [6, 6.07) is 0.742. The molecule has 106 valence electrons. The lowest BCUT2D eigenvalue weighted by atomic mass is 9.85. The minimum absolute atomic E-state index is 0.168. The average molecular weight is 256 g/mol. The minimum Gasteiger partial charge on any atom is -0.295 e. The summed E-state index contributed by atoms with van der Waals surface area (Å²) in [5.41, 5.74) is 0.468. The van der Waals surface area contributed by atoms with Crippen LogP contribution in [-0.2, 0) is 0 Å². The zero-order valence-corrected chi connectivity index (χ0v) is 12.7. The lowest BCUT2D eigenvalue weighted by Crippen LogP contribution is -2.60. The molecule has 1 unspecified atom stereocenters. The monoisotopic (exact) mass is 256 g/mol. The Bertz CT molecular complexity index is 289. The maximum atomic E-state index is 12.9. The quantitative estimate of drug-likeness (QED) is 0.763. The van der Waals surface area contributed by atoms with Crippen LogP contribution in [0.15, 0.2) is 0 Å². The highest BCUT2D eigenvalue weighted by Gasteiger charge is 2.40. The molecule has 0 bridgehead atoms. The van der Waals surface area contributed by atoms with Gasteiger partial charge in [-0.2, -0.15) is 0 Å². The van der Waals surface area contributed by atoms with Gasteiger partial charge in [-0.3, -0.25) is 9.80 Å². The van der Waals surface area contributed by atoms with E-state index in [1.165, 1.54) is 25.8 Å². The molecule has 0 aromatic heterocycles. The van der Waals surface area contributed by atoms with Crippen molar-refractivity contribution in [2.24, 2.45) is 0 Å². The fourth-order valence-electron chi connectivity index (χ4n) is 3.22. The third-order valence-electron chi connectivity index (χ3n) is 4.79. The van der Waals surface area contributed by atoms with Crippen molar-refractivity contribution in [3.63, 3.8) is 0 Å². The Balaban J connectivity index is 1.78. The van der Waals surface area contributed by atoms with E-state index in [1.807, 2.05) is 0 Å². The largest absolute Gasteiger partial charge is 0.295 e. The highest BCUT2D eigenvalue weighted by Crippen LogP contribution is 2.34. The normalized spacial score (nSPS) is 28.0. The first-order chi connectivity index (χ1) is 8.20. The predicted molar refractivity (Wildman–Crippen MR) is 74.6 cm³/mol. The molecule has 2 aliphatic rings. The van der Waals surface area contributed by atoms with Crippen molar-refractivity contribution >= 4 is 0 Å². The van der Waals surface area contributed by atoms with E-state index in [9.17, 15) is 4.39 Å². The van der Waals surface area contributed by atoms with Crippen molar-refractivity contribution in [2.75, 3.05) is 19.6 Å². The predicted octanol–water partition coefficient (Wildman–Crippen LogP) is 3.07. The molecule has 2 aliphatic heterocycles. The Labute approximate surface area is 112 Å². The van der Waals surface area contributed by atoms with E-state index in [0.717, 1.165) is 6.04 Å². The second-order valence-corrected chi connectivity index (χ2v) is 7.66. The molecule has 18 heavy (non-hydrogen) atoms. The average Bonchev–Trinajstić information content (AvgIpc) is 2.08. The van der Waals surface area contributed by atoms with Crippen LogP contribution in [0.1, 0.15) is 53.9 Å². The maximum Gasteiger partial charge on any atom is 0.125 e. The van der Waals surface area contributed by atoms with Crippen LogP contribution in [0, 0.1) is 0 Å². The summed E-state index contributed by atoms with van der Waals surface area (Å²) in [6.45, 7) is 13.9. The second-order valence-electron chi connectivity index (χ2n) is 7.66. The van der Waals surface area contributed by atoms with E-state index in [1.54, 1.807) is 0 Å². The van der Waals surface area contributed by atoms with Crippen molar-refractivity contribution in [2.45, 2.75) is 77.2 Å². The van der Waals surface area contributed by atoms with Crippen molar-refractivity contribution in [1.29, 1.82) is 0 Å². The molecule has 0 N–H and O–H groups in total. The Hall–Kier alpha value is -0.150. The van der Waals surface area contributed by atoms with Crippen LogP contribution in [0.3, 0.4) is 0 Å². The maximum absolute atomic E-state index is 12.9. The van der Waals surface area contributed by atoms with Crippen molar-refractivity contribution in [3.05, 3.63) is 0 Å². The molecular formula is C15H29FN2. The molecule has 0 radical (unpaired) electrons. The van der Waals surface area contributed by atoms with Gasteiger partial charge in [0.2, 0.25) is 0 Å². The fourth-order valence-corrected chi connectivity index (χ4v) is 3.22. The molecule has 0 aromatic rings. The van der Waals surface area contributed by atoms with Crippen LogP contribution in [-0.4, -0.2) is 52.7 Å². The van der Waals surface area contributed by atoms with Gasteiger partial charge in [-0.15, -0.1) is 0 Å². The molecule has 0 aliphatic carbocycles. The number of alkyl halides is 1. The molecule has 0 amide bonds. The minimum atomic E-state index is -0.584. The van der Waals surface area contributed by atoms with Crippen molar-refractivity contribution in [1.82, 2.24) is 9.80 Å². The third-order valence-corrected chi connectivity index (χ3v) is 4.79. The lowest BCUT2D eigenvalue weighted by molar-refractivity contribution is -0.0386. The van der Waals surface area contributed by atoms with Gasteiger partial charge in [-0.1, -0.05) is 0 Å². The Morgan fingerprint density at radius 2 is 1.72 bits per heavy atom. The molecule has 2 heterocycles. The molecule has 0 aromatic carbocycles. The van der Waals surface area contributed by atoms with E-state index in [0.29, 0.717) is 18.6 Å². The van der Waals surface area contributed by atoms with Crippen LogP contribution in [0.5, 0.6) is 0 Å². The van der Waals surface area contributed by atoms with Crippen LogP contribution >= 0.6 is 0 Å². The van der Waals surface area contributed by atoms with E-state index in [-0.39, 0.29) is 5.54 Å². The number of nitrogens with zero attached hydrogens (tertiary/aromatic N) is 2. The third kappa shape index (κ3) is 2.88. The molecule has 1 atom stereocenters. The zero-order valence-electron chi connectivity index (χ0n) is 12.7. The van der Waals surface area contributed by atoms with Gasteiger partial charge in [0.05, 0.1) is 0 Å². The molecule has 0 spiro atoms. The van der Waals surface area contributed by atoms with Gasteiger partial charge < -0.3 is 0 Å². The Morgan fingerprint density at radius 3 is 2.11 bits per heavy atom. The summed E-state index contributed by atoms with van der Waals surface area (Å²) in [4.78, 5) is 4.90. The summed E-state index contributed by atoms with van der Waals surface area (Å²) < 4.78 is 12.9. The number of hydrogen-bond acceptors (Lipinski definition) is 2. The molecule has 2 nitrogen and oxygen atoms in total. The van der Waals surface area contributed by atoms with Gasteiger partial charge in [0.15, 0.2) is 0 Å². The highest BCUT2D eigenvalue weighted by molar-refractivity contribution is 4.96. The molecule has 2 fully saturated rings. The highest BCUT2D eigenvalue weighted by atomic mass is 19.1. The summed E-state index contributed by atoms with van der Waals surface area (Å²) in [6.07, 6.45) is 3.17.